The molecule has 0 N–H and O–H groups in total. The van der Waals surface area contributed by atoms with Gasteiger partial charge in [-0.05, 0) is 209 Å². The fraction of sp³-hybridized carbons (Fsp3) is 0.0769. The van der Waals surface area contributed by atoms with Crippen LogP contribution in [0.4, 0.5) is 68.2 Å². The van der Waals surface area contributed by atoms with Gasteiger partial charge in [-0.3, -0.25) is 0 Å². The van der Waals surface area contributed by atoms with Crippen LogP contribution in [0.1, 0.15) is 81.7 Å². The van der Waals surface area contributed by atoms with Crippen molar-refractivity contribution in [1.82, 2.24) is 0 Å². The zero-order chi connectivity index (χ0) is 71.9. The van der Waals surface area contributed by atoms with E-state index in [2.05, 4.69) is 384 Å². The minimum atomic E-state index is -0.652. The van der Waals surface area contributed by atoms with Gasteiger partial charge in [0.05, 0.1) is 67.7 Å². The molecule has 24 rings (SSSR count). The minimum Gasteiger partial charge on any atom is -0.487 e. The van der Waals surface area contributed by atoms with Gasteiger partial charge in [0.25, 0.3) is 0 Å². The molecule has 0 radical (unpaired) electrons. The van der Waals surface area contributed by atoms with Crippen LogP contribution in [0.3, 0.4) is 0 Å². The Labute approximate surface area is 637 Å². The fourth-order valence-electron chi connectivity index (χ4n) is 20.9. The van der Waals surface area contributed by atoms with Gasteiger partial charge in [-0.1, -0.05) is 279 Å². The first-order valence-corrected chi connectivity index (χ1v) is 38.9. The van der Waals surface area contributed by atoms with Crippen LogP contribution >= 0.6 is 0 Å². The molecule has 6 nitrogen and oxygen atoms in total. The van der Waals surface area contributed by atoms with Gasteiger partial charge in [0.1, 0.15) is 17.4 Å². The molecule has 2 atom stereocenters. The summed E-state index contributed by atoms with van der Waals surface area (Å²) in [5.41, 5.74) is 29.4. The van der Waals surface area contributed by atoms with Crippen LogP contribution < -0.4 is 24.3 Å². The number of furan rings is 1. The topological polar surface area (TPSA) is 35.3 Å². The molecule has 1 saturated carbocycles. The van der Waals surface area contributed by atoms with E-state index in [0.29, 0.717) is 5.92 Å². The second-order valence-corrected chi connectivity index (χ2v) is 30.6. The minimum absolute atomic E-state index is 0.177. The Morgan fingerprint density at radius 3 is 1.17 bits per heavy atom. The molecular formula is C104H70N4O2. The Balaban J connectivity index is 0.729. The summed E-state index contributed by atoms with van der Waals surface area (Å²) in [4.78, 5) is 10.1. The molecule has 518 valence electrons. The first kappa shape index (κ1) is 61.5. The number of fused-ring (bicyclic) bond motifs is 22. The van der Waals surface area contributed by atoms with E-state index in [1.807, 2.05) is 0 Å². The number of anilines is 12. The molecule has 0 spiro atoms. The van der Waals surface area contributed by atoms with Gasteiger partial charge in [-0.25, -0.2) is 0 Å². The molecule has 3 aliphatic heterocycles. The smallest absolute Gasteiger partial charge is 0.159 e. The van der Waals surface area contributed by atoms with Crippen LogP contribution in [-0.2, 0) is 10.8 Å². The van der Waals surface area contributed by atoms with Crippen molar-refractivity contribution in [2.45, 2.75) is 48.5 Å². The maximum Gasteiger partial charge on any atom is 0.159 e. The van der Waals surface area contributed by atoms with Crippen LogP contribution in [0.15, 0.2) is 368 Å². The Kier molecular flexibility index (Phi) is 13.1. The third kappa shape index (κ3) is 8.37. The molecular weight excluding hydrogens is 1340 g/mol. The number of benzene rings is 17. The highest BCUT2D eigenvalue weighted by Gasteiger charge is 2.51. The third-order valence-electron chi connectivity index (χ3n) is 25.4. The molecule has 0 amide bonds. The van der Waals surface area contributed by atoms with Crippen LogP contribution in [0.25, 0.3) is 76.5 Å². The first-order valence-electron chi connectivity index (χ1n) is 38.9. The van der Waals surface area contributed by atoms with E-state index >= 15 is 0 Å². The fourth-order valence-corrected chi connectivity index (χ4v) is 20.9. The largest absolute Gasteiger partial charge is 0.487 e. The van der Waals surface area contributed by atoms with Gasteiger partial charge in [0.15, 0.2) is 5.58 Å². The van der Waals surface area contributed by atoms with Gasteiger partial charge in [0.2, 0.25) is 0 Å². The summed E-state index contributed by atoms with van der Waals surface area (Å²) in [5, 5.41) is 9.28. The second kappa shape index (κ2) is 23.4. The van der Waals surface area contributed by atoms with Crippen LogP contribution in [-0.4, -0.2) is 6.10 Å². The highest BCUT2D eigenvalue weighted by molar-refractivity contribution is 6.27. The van der Waals surface area contributed by atoms with Crippen LogP contribution in [0.5, 0.6) is 5.75 Å². The molecule has 0 saturated heterocycles. The molecule has 3 aliphatic carbocycles. The van der Waals surface area contributed by atoms with Crippen molar-refractivity contribution < 1.29 is 9.15 Å². The average molecular weight is 1410 g/mol. The zero-order valence-corrected chi connectivity index (χ0v) is 60.2. The Morgan fingerprint density at radius 1 is 0.255 bits per heavy atom. The number of ether oxygens (including phenoxy) is 1. The molecule has 6 heteroatoms. The van der Waals surface area contributed by atoms with Crippen molar-refractivity contribution in [3.05, 3.63) is 414 Å². The summed E-state index contributed by atoms with van der Waals surface area (Å²) in [6.07, 6.45) is 4.82. The number of hydrogen-bond donors (Lipinski definition) is 0. The van der Waals surface area contributed by atoms with Crippen molar-refractivity contribution in [1.29, 1.82) is 0 Å². The predicted octanol–water partition coefficient (Wildman–Crippen LogP) is 27.7. The molecule has 2 unspecified atom stereocenters. The Hall–Kier alpha value is -13.7. The lowest BCUT2D eigenvalue weighted by atomic mass is 9.67. The van der Waals surface area contributed by atoms with E-state index in [1.54, 1.807) is 0 Å². The Morgan fingerprint density at radius 2 is 0.645 bits per heavy atom. The molecule has 18 aromatic rings. The van der Waals surface area contributed by atoms with E-state index in [0.717, 1.165) is 109 Å². The average Bonchev–Trinajstić information content (AvgIpc) is 1.49. The first-order chi connectivity index (χ1) is 54.6. The van der Waals surface area contributed by atoms with E-state index in [-0.39, 0.29) is 6.10 Å². The maximum atomic E-state index is 7.28. The summed E-state index contributed by atoms with van der Waals surface area (Å²) in [6.45, 7) is 0. The van der Waals surface area contributed by atoms with Gasteiger partial charge in [-0.2, -0.15) is 0 Å². The van der Waals surface area contributed by atoms with Crippen molar-refractivity contribution in [2.75, 3.05) is 19.6 Å². The molecule has 4 heterocycles. The van der Waals surface area contributed by atoms with E-state index in [4.69, 9.17) is 9.15 Å². The SMILES string of the molecule is c1ccc(C2(c3ccccc3)c3ccccc3-c3cc4c(cc32)N(c2ccc3c5ccc(N6c7ccccc7N(c7cccc8c7oc7ccccc78)c7cc8c(cc76)C(c6ccccc6)(c6ccccc6)c6ccccc6-8)cc5c5ccccc5c3c2)c2ccccc2N4c2cccc3c2OC2CCCCC32)cc1. The quantitative estimate of drug-likeness (QED) is 0.141. The maximum absolute atomic E-state index is 7.28. The van der Waals surface area contributed by atoms with Crippen molar-refractivity contribution in [2.24, 2.45) is 0 Å². The Bertz CT molecular complexity index is 6790. The molecule has 17 aromatic carbocycles. The monoisotopic (exact) mass is 1410 g/mol. The van der Waals surface area contributed by atoms with Gasteiger partial charge in [-0.15, -0.1) is 0 Å². The van der Waals surface area contributed by atoms with Gasteiger partial charge in [0, 0.05) is 33.6 Å². The number of nitrogens with zero attached hydrogens (tertiary/aromatic N) is 4. The number of rotatable bonds is 8. The lowest BCUT2D eigenvalue weighted by molar-refractivity contribution is 0.164. The molecule has 0 bridgehead atoms. The number of hydrogen-bond acceptors (Lipinski definition) is 6. The summed E-state index contributed by atoms with van der Waals surface area (Å²) < 4.78 is 14.3. The highest BCUT2D eigenvalue weighted by atomic mass is 16.5. The van der Waals surface area contributed by atoms with E-state index in [1.165, 1.54) is 117 Å². The van der Waals surface area contributed by atoms with Crippen molar-refractivity contribution >= 4 is 123 Å². The summed E-state index contributed by atoms with van der Waals surface area (Å²) in [5.74, 6) is 1.40. The van der Waals surface area contributed by atoms with Crippen molar-refractivity contribution in [3.63, 3.8) is 0 Å². The summed E-state index contributed by atoms with van der Waals surface area (Å²) in [7, 11) is 0. The van der Waals surface area contributed by atoms with E-state index in [9.17, 15) is 0 Å². The van der Waals surface area contributed by atoms with Crippen LogP contribution in [0, 0.1) is 0 Å². The van der Waals surface area contributed by atoms with Crippen molar-refractivity contribution in [3.8, 4) is 28.0 Å². The highest BCUT2D eigenvalue weighted by Crippen LogP contribution is 2.67. The number of para-hydroxylation sites is 7. The standard InChI is InChI=1S/C104H70N4O2/c1-5-29-65(30-6-1)103(66-31-7-2-8-32-66)85-45-19-15-39-75(85)83-61-95-97(63-87(83)103)105(89-47-21-23-49-91(89)107(95)93-51-27-43-79-77-41-17-25-53-99(77)109-101(79)93)69-55-57-73-74-58-56-70(60-82(74)72-38-14-13-37-71(72)81(73)59-69)106-90-48-22-24-50-92(90)108(94-52-28-44-80-78-42-18-26-54-100(78)110-102(80)94)96-62-84-76-40-16-20-46-86(76)104(88(84)64-98(96)106,67-33-9-3-10-34-67)68-35-11-4-12-36-68/h1-17,19-25,27-41,43-53,55-64,78,100H,18,26,42,54H2. The summed E-state index contributed by atoms with van der Waals surface area (Å²) in [6, 6.07) is 137. The van der Waals surface area contributed by atoms with Crippen LogP contribution in [0.2, 0.25) is 0 Å². The molecule has 6 aliphatic rings. The third-order valence-corrected chi connectivity index (χ3v) is 25.4. The van der Waals surface area contributed by atoms with Gasteiger partial charge >= 0.3 is 0 Å². The van der Waals surface area contributed by atoms with E-state index < -0.39 is 10.8 Å². The molecule has 1 aromatic heterocycles. The molecule has 110 heavy (non-hydrogen) atoms. The second-order valence-electron chi connectivity index (χ2n) is 30.6. The lowest BCUT2D eigenvalue weighted by Crippen LogP contribution is -2.30. The summed E-state index contributed by atoms with van der Waals surface area (Å²) >= 11 is 0. The zero-order valence-electron chi connectivity index (χ0n) is 60.2. The van der Waals surface area contributed by atoms with Gasteiger partial charge < -0.3 is 28.8 Å². The predicted molar refractivity (Wildman–Crippen MR) is 452 cm³/mol. The normalized spacial score (nSPS) is 16.4. The lowest BCUT2D eigenvalue weighted by Gasteiger charge is -2.42. The molecule has 1 fully saturated rings.